The Bertz CT molecular complexity index is 1030. The zero-order chi connectivity index (χ0) is 18.1. The Morgan fingerprint density at radius 1 is 1.15 bits per heavy atom. The summed E-state index contributed by atoms with van der Waals surface area (Å²) in [6, 6.07) is 8.24. The quantitative estimate of drug-likeness (QED) is 0.559. The molecule has 1 atom stereocenters. The van der Waals surface area contributed by atoms with E-state index in [4.69, 9.17) is 4.52 Å². The first-order valence-electron chi connectivity index (χ1n) is 7.70. The van der Waals surface area contributed by atoms with Gasteiger partial charge in [0.15, 0.2) is 5.76 Å². The molecular weight excluding hydrogens is 358 g/mol. The van der Waals surface area contributed by atoms with Crippen LogP contribution in [0.3, 0.4) is 0 Å². The van der Waals surface area contributed by atoms with Crippen molar-refractivity contribution in [3.63, 3.8) is 0 Å². The molecule has 4 nitrogen and oxygen atoms in total. The number of hydrogen-bond acceptors (Lipinski definition) is 5. The summed E-state index contributed by atoms with van der Waals surface area (Å²) < 4.78 is 33.4. The maximum atomic E-state index is 14.3. The van der Waals surface area contributed by atoms with Crippen molar-refractivity contribution in [2.45, 2.75) is 6.10 Å². The highest BCUT2D eigenvalue weighted by molar-refractivity contribution is 7.08. The van der Waals surface area contributed by atoms with Crippen LogP contribution in [0.15, 0.2) is 64.1 Å². The fourth-order valence-corrected chi connectivity index (χ4v) is 3.37. The maximum absolute atomic E-state index is 14.3. The second-order valence-electron chi connectivity index (χ2n) is 5.60. The van der Waals surface area contributed by atoms with Gasteiger partial charge in [0, 0.05) is 34.5 Å². The van der Waals surface area contributed by atoms with E-state index >= 15 is 0 Å². The Labute approximate surface area is 151 Å². The van der Waals surface area contributed by atoms with Gasteiger partial charge < -0.3 is 9.63 Å². The molecule has 1 unspecified atom stereocenters. The monoisotopic (exact) mass is 370 g/mol. The van der Waals surface area contributed by atoms with Crippen LogP contribution < -0.4 is 0 Å². The lowest BCUT2D eigenvalue weighted by Crippen LogP contribution is -2.03. The Balaban J connectivity index is 1.94. The minimum atomic E-state index is -1.16. The molecule has 0 aliphatic heterocycles. The number of halogens is 2. The molecule has 7 heteroatoms. The largest absolute Gasteiger partial charge is 0.383 e. The molecule has 0 spiro atoms. The molecule has 130 valence electrons. The molecule has 26 heavy (non-hydrogen) atoms. The average molecular weight is 370 g/mol. The van der Waals surface area contributed by atoms with Gasteiger partial charge in [0.1, 0.15) is 23.4 Å². The van der Waals surface area contributed by atoms with Gasteiger partial charge in [-0.05, 0) is 35.7 Å². The smallest absolute Gasteiger partial charge is 0.174 e. The number of nitrogens with zero attached hydrogens (tertiary/aromatic N) is 2. The molecule has 0 fully saturated rings. The van der Waals surface area contributed by atoms with Crippen molar-refractivity contribution in [3.8, 4) is 22.6 Å². The molecule has 0 radical (unpaired) electrons. The topological polar surface area (TPSA) is 59.2 Å². The number of hydrogen-bond donors (Lipinski definition) is 1. The van der Waals surface area contributed by atoms with Crippen LogP contribution in [0.1, 0.15) is 17.2 Å². The molecule has 0 amide bonds. The zero-order valence-corrected chi connectivity index (χ0v) is 14.1. The molecule has 4 aromatic rings. The highest BCUT2D eigenvalue weighted by Crippen LogP contribution is 2.40. The molecule has 3 aromatic heterocycles. The third-order valence-electron chi connectivity index (χ3n) is 3.97. The lowest BCUT2D eigenvalue weighted by Gasteiger charge is -2.12. The molecule has 0 saturated carbocycles. The summed E-state index contributed by atoms with van der Waals surface area (Å²) in [5, 5.41) is 18.5. The van der Waals surface area contributed by atoms with Gasteiger partial charge in [0.25, 0.3) is 0 Å². The number of thiophene rings is 1. The van der Waals surface area contributed by atoms with Crippen LogP contribution >= 0.6 is 11.3 Å². The Kier molecular flexibility index (Phi) is 4.32. The summed E-state index contributed by atoms with van der Waals surface area (Å²) in [5.41, 5.74) is 1.43. The Morgan fingerprint density at radius 2 is 2.04 bits per heavy atom. The van der Waals surface area contributed by atoms with Gasteiger partial charge in [-0.3, -0.25) is 4.98 Å². The Hall–Kier alpha value is -2.90. The highest BCUT2D eigenvalue weighted by atomic mass is 32.1. The number of aromatic nitrogens is 2. The lowest BCUT2D eigenvalue weighted by atomic mass is 9.95. The van der Waals surface area contributed by atoms with Crippen LogP contribution in [0.25, 0.3) is 22.6 Å². The molecule has 1 aromatic carbocycles. The first-order chi connectivity index (χ1) is 12.6. The van der Waals surface area contributed by atoms with Gasteiger partial charge in [0.05, 0.1) is 5.56 Å². The molecular formula is C19H12F2N2O2S. The molecule has 4 rings (SSSR count). The summed E-state index contributed by atoms with van der Waals surface area (Å²) in [4.78, 5) is 4.00. The van der Waals surface area contributed by atoms with Crippen LogP contribution in [-0.2, 0) is 0 Å². The van der Waals surface area contributed by atoms with Crippen LogP contribution in [0.5, 0.6) is 0 Å². The number of aliphatic hydroxyl groups is 1. The van der Waals surface area contributed by atoms with Crippen molar-refractivity contribution in [1.29, 1.82) is 0 Å². The van der Waals surface area contributed by atoms with E-state index in [1.807, 2.05) is 10.8 Å². The summed E-state index contributed by atoms with van der Waals surface area (Å²) >= 11 is 1.45. The van der Waals surface area contributed by atoms with Gasteiger partial charge in [-0.15, -0.1) is 0 Å². The highest BCUT2D eigenvalue weighted by Gasteiger charge is 2.28. The predicted octanol–water partition coefficient (Wildman–Crippen LogP) is 4.83. The SMILES string of the molecule is OC(c1cccnc1)c1c(-c2cc(F)ccc2F)noc1-c1ccsc1. The van der Waals surface area contributed by atoms with Crippen molar-refractivity contribution in [1.82, 2.24) is 10.1 Å². The summed E-state index contributed by atoms with van der Waals surface area (Å²) in [6.45, 7) is 0. The van der Waals surface area contributed by atoms with Gasteiger partial charge in [-0.2, -0.15) is 11.3 Å². The van der Waals surface area contributed by atoms with Gasteiger partial charge in [-0.25, -0.2) is 8.78 Å². The van der Waals surface area contributed by atoms with Gasteiger partial charge in [-0.1, -0.05) is 11.2 Å². The first-order valence-corrected chi connectivity index (χ1v) is 8.65. The first kappa shape index (κ1) is 16.6. The Morgan fingerprint density at radius 3 is 2.77 bits per heavy atom. The minimum absolute atomic E-state index is 0.0551. The van der Waals surface area contributed by atoms with Crippen LogP contribution in [-0.4, -0.2) is 15.2 Å². The predicted molar refractivity (Wildman–Crippen MR) is 93.5 cm³/mol. The normalized spacial score (nSPS) is 12.3. The van der Waals surface area contributed by atoms with Gasteiger partial charge >= 0.3 is 0 Å². The van der Waals surface area contributed by atoms with Crippen molar-refractivity contribution >= 4 is 11.3 Å². The zero-order valence-electron chi connectivity index (χ0n) is 13.3. The molecule has 0 saturated heterocycles. The fraction of sp³-hybridized carbons (Fsp3) is 0.0526. The summed E-state index contributed by atoms with van der Waals surface area (Å²) in [5.74, 6) is -0.958. The average Bonchev–Trinajstić information content (AvgIpc) is 3.33. The van der Waals surface area contributed by atoms with Crippen molar-refractivity contribution < 1.29 is 18.4 Å². The molecule has 3 heterocycles. The van der Waals surface area contributed by atoms with Crippen LogP contribution in [0, 0.1) is 11.6 Å². The molecule has 0 aliphatic rings. The van der Waals surface area contributed by atoms with Crippen molar-refractivity contribution in [2.24, 2.45) is 0 Å². The third kappa shape index (κ3) is 2.91. The van der Waals surface area contributed by atoms with E-state index in [0.717, 1.165) is 18.2 Å². The standard InChI is InChI=1S/C19H12F2N2O2S/c20-13-3-4-15(21)14(8-13)17-16(18(24)11-2-1-6-22-9-11)19(25-23-17)12-5-7-26-10-12/h1-10,18,24H. The number of benzene rings is 1. The number of rotatable bonds is 4. The van der Waals surface area contributed by atoms with E-state index in [-0.39, 0.29) is 16.8 Å². The molecule has 0 aliphatic carbocycles. The fourth-order valence-electron chi connectivity index (χ4n) is 2.73. The second kappa shape index (κ2) is 6.78. The maximum Gasteiger partial charge on any atom is 0.174 e. The van der Waals surface area contributed by atoms with E-state index in [0.29, 0.717) is 16.9 Å². The van der Waals surface area contributed by atoms with E-state index in [1.165, 1.54) is 17.5 Å². The number of aliphatic hydroxyl groups excluding tert-OH is 1. The van der Waals surface area contributed by atoms with E-state index < -0.39 is 17.7 Å². The minimum Gasteiger partial charge on any atom is -0.383 e. The third-order valence-corrected chi connectivity index (χ3v) is 4.65. The van der Waals surface area contributed by atoms with E-state index in [9.17, 15) is 13.9 Å². The molecule has 0 bridgehead atoms. The van der Waals surface area contributed by atoms with Crippen molar-refractivity contribution in [2.75, 3.05) is 0 Å². The number of pyridine rings is 1. The van der Waals surface area contributed by atoms with E-state index in [2.05, 4.69) is 10.1 Å². The lowest BCUT2D eigenvalue weighted by molar-refractivity contribution is 0.220. The second-order valence-corrected chi connectivity index (χ2v) is 6.38. The van der Waals surface area contributed by atoms with Crippen LogP contribution in [0.4, 0.5) is 8.78 Å². The van der Waals surface area contributed by atoms with Crippen LogP contribution in [0.2, 0.25) is 0 Å². The van der Waals surface area contributed by atoms with Crippen molar-refractivity contribution in [3.05, 3.63) is 82.3 Å². The summed E-state index contributed by atoms with van der Waals surface area (Å²) in [6.07, 6.45) is 1.92. The molecule has 1 N–H and O–H groups in total. The summed E-state index contributed by atoms with van der Waals surface area (Å²) in [7, 11) is 0. The van der Waals surface area contributed by atoms with Gasteiger partial charge in [0.2, 0.25) is 0 Å². The van der Waals surface area contributed by atoms with E-state index in [1.54, 1.807) is 24.4 Å².